The van der Waals surface area contributed by atoms with Gasteiger partial charge in [0, 0.05) is 14.1 Å². The average Bonchev–Trinajstić information content (AvgIpc) is 2.17. The molecule has 1 heterocycles. The smallest absolute Gasteiger partial charge is 0.275 e. The zero-order valence-electron chi connectivity index (χ0n) is 7.65. The van der Waals surface area contributed by atoms with E-state index in [0.717, 1.165) is 6.33 Å². The second-order valence-electron chi connectivity index (χ2n) is 2.70. The van der Waals surface area contributed by atoms with E-state index >= 15 is 0 Å². The molecule has 72 valence electrons. The Morgan fingerprint density at radius 2 is 2.21 bits per heavy atom. The molecule has 1 aromatic rings. The highest BCUT2D eigenvalue weighted by Gasteiger charge is 2.18. The minimum atomic E-state index is -0.978. The van der Waals surface area contributed by atoms with E-state index in [2.05, 4.69) is 9.97 Å². The maximum atomic E-state index is 13.3. The largest absolute Gasteiger partial charge is 0.343 e. The molecule has 6 heteroatoms. The Morgan fingerprint density at radius 3 is 2.71 bits per heavy atom. The minimum Gasteiger partial charge on any atom is -0.343 e. The van der Waals surface area contributed by atoms with Gasteiger partial charge in [-0.05, 0) is 0 Å². The average molecular weight is 194 g/mol. The van der Waals surface area contributed by atoms with Crippen molar-refractivity contribution < 1.29 is 9.18 Å². The van der Waals surface area contributed by atoms with E-state index in [1.54, 1.807) is 0 Å². The Balaban J connectivity index is 3.24. The van der Waals surface area contributed by atoms with Gasteiger partial charge >= 0.3 is 0 Å². The summed E-state index contributed by atoms with van der Waals surface area (Å²) in [5.41, 5.74) is -0.813. The molecule has 14 heavy (non-hydrogen) atoms. The first-order valence-corrected chi connectivity index (χ1v) is 3.70. The predicted molar refractivity (Wildman–Crippen MR) is 44.7 cm³/mol. The Morgan fingerprint density at radius 1 is 1.57 bits per heavy atom. The lowest BCUT2D eigenvalue weighted by Crippen LogP contribution is -2.24. The van der Waals surface area contributed by atoms with E-state index in [-0.39, 0.29) is 5.69 Å². The molecule has 0 aromatic carbocycles. The number of hydrogen-bond acceptors (Lipinski definition) is 4. The Labute approximate surface area is 79.8 Å². The predicted octanol–water partition coefficient (Wildman–Crippen LogP) is 0.189. The van der Waals surface area contributed by atoms with Crippen LogP contribution < -0.4 is 0 Å². The lowest BCUT2D eigenvalue weighted by Gasteiger charge is -2.09. The fourth-order valence-corrected chi connectivity index (χ4v) is 0.809. The van der Waals surface area contributed by atoms with Gasteiger partial charge in [-0.1, -0.05) is 0 Å². The lowest BCUT2D eigenvalue weighted by molar-refractivity contribution is 0.0816. The van der Waals surface area contributed by atoms with E-state index in [9.17, 15) is 9.18 Å². The van der Waals surface area contributed by atoms with Crippen LogP contribution in [0.25, 0.3) is 0 Å². The Kier molecular flexibility index (Phi) is 2.72. The summed E-state index contributed by atoms with van der Waals surface area (Å²) in [5, 5.41) is 8.46. The van der Waals surface area contributed by atoms with Crippen LogP contribution in [0, 0.1) is 17.1 Å². The summed E-state index contributed by atoms with van der Waals surface area (Å²) in [6.45, 7) is 0. The molecule has 0 aliphatic heterocycles. The zero-order chi connectivity index (χ0) is 10.7. The fraction of sp³-hybridized carbons (Fsp3) is 0.250. The van der Waals surface area contributed by atoms with Crippen LogP contribution in [-0.4, -0.2) is 34.9 Å². The molecule has 0 spiro atoms. The molecule has 1 rings (SSSR count). The van der Waals surface area contributed by atoms with Gasteiger partial charge in [0.05, 0.1) is 0 Å². The maximum Gasteiger partial charge on any atom is 0.275 e. The number of amides is 1. The number of halogens is 1. The van der Waals surface area contributed by atoms with Gasteiger partial charge in [-0.2, -0.15) is 5.26 Å². The number of nitriles is 1. The van der Waals surface area contributed by atoms with Crippen LogP contribution in [0.1, 0.15) is 16.2 Å². The van der Waals surface area contributed by atoms with Crippen LogP contribution in [-0.2, 0) is 0 Å². The molecule has 5 nitrogen and oxygen atoms in total. The summed E-state index contributed by atoms with van der Waals surface area (Å²) in [5.74, 6) is -1.57. The van der Waals surface area contributed by atoms with E-state index in [0.29, 0.717) is 0 Å². The molecule has 1 aromatic heterocycles. The first kappa shape index (κ1) is 10.1. The number of rotatable bonds is 1. The highest BCUT2D eigenvalue weighted by Crippen LogP contribution is 2.07. The van der Waals surface area contributed by atoms with Gasteiger partial charge in [0.15, 0.2) is 17.2 Å². The summed E-state index contributed by atoms with van der Waals surface area (Å²) >= 11 is 0. The molecule has 0 atom stereocenters. The SMILES string of the molecule is CN(C)C(=O)c1ncnc(C#N)c1F. The summed E-state index contributed by atoms with van der Waals surface area (Å²) in [6, 6.07) is 1.53. The standard InChI is InChI=1S/C8H7FN4O/c1-13(2)8(14)7-6(9)5(3-10)11-4-12-7/h4H,1-2H3. The fourth-order valence-electron chi connectivity index (χ4n) is 0.809. The first-order valence-electron chi connectivity index (χ1n) is 3.70. The summed E-state index contributed by atoms with van der Waals surface area (Å²) in [7, 11) is 2.94. The molecular formula is C8H7FN4O. The van der Waals surface area contributed by atoms with Crippen LogP contribution in [0.5, 0.6) is 0 Å². The third kappa shape index (κ3) is 1.66. The normalized spacial score (nSPS) is 9.29. The number of carbonyl (C=O) groups excluding carboxylic acids is 1. The van der Waals surface area contributed by atoms with Crippen molar-refractivity contribution in [3.63, 3.8) is 0 Å². The molecule has 0 radical (unpaired) electrons. The van der Waals surface area contributed by atoms with E-state index < -0.39 is 17.4 Å². The quantitative estimate of drug-likeness (QED) is 0.639. The Hall–Kier alpha value is -2.03. The second-order valence-corrected chi connectivity index (χ2v) is 2.70. The van der Waals surface area contributed by atoms with Gasteiger partial charge in [0.2, 0.25) is 0 Å². The molecule has 0 fully saturated rings. The molecule has 0 unspecified atom stereocenters. The molecule has 0 saturated carbocycles. The number of carbonyl (C=O) groups is 1. The number of nitrogens with zero attached hydrogens (tertiary/aromatic N) is 4. The van der Waals surface area contributed by atoms with Gasteiger partial charge in [0.25, 0.3) is 5.91 Å². The molecule has 0 aliphatic carbocycles. The van der Waals surface area contributed by atoms with Gasteiger partial charge in [-0.15, -0.1) is 0 Å². The van der Waals surface area contributed by atoms with Gasteiger partial charge in [-0.25, -0.2) is 14.4 Å². The highest BCUT2D eigenvalue weighted by molar-refractivity contribution is 5.92. The van der Waals surface area contributed by atoms with Crippen LogP contribution >= 0.6 is 0 Å². The van der Waals surface area contributed by atoms with Crippen molar-refractivity contribution in [3.05, 3.63) is 23.5 Å². The molecule has 0 aliphatic rings. The van der Waals surface area contributed by atoms with Crippen molar-refractivity contribution in [1.29, 1.82) is 5.26 Å². The number of aromatic nitrogens is 2. The van der Waals surface area contributed by atoms with Gasteiger partial charge in [-0.3, -0.25) is 4.79 Å². The number of hydrogen-bond donors (Lipinski definition) is 0. The molecule has 0 N–H and O–H groups in total. The van der Waals surface area contributed by atoms with E-state index in [4.69, 9.17) is 5.26 Å². The minimum absolute atomic E-state index is 0.387. The second kappa shape index (κ2) is 3.79. The monoisotopic (exact) mass is 194 g/mol. The highest BCUT2D eigenvalue weighted by atomic mass is 19.1. The maximum absolute atomic E-state index is 13.3. The third-order valence-electron chi connectivity index (χ3n) is 1.50. The van der Waals surface area contributed by atoms with Crippen LogP contribution in [0.3, 0.4) is 0 Å². The third-order valence-corrected chi connectivity index (χ3v) is 1.50. The topological polar surface area (TPSA) is 69.9 Å². The summed E-state index contributed by atoms with van der Waals surface area (Å²) in [6.07, 6.45) is 0.984. The van der Waals surface area contributed by atoms with Crippen LogP contribution in [0.4, 0.5) is 4.39 Å². The van der Waals surface area contributed by atoms with E-state index in [1.807, 2.05) is 0 Å². The van der Waals surface area contributed by atoms with Crippen LogP contribution in [0.15, 0.2) is 6.33 Å². The van der Waals surface area contributed by atoms with Crippen molar-refractivity contribution in [2.45, 2.75) is 0 Å². The van der Waals surface area contributed by atoms with Crippen LogP contribution in [0.2, 0.25) is 0 Å². The van der Waals surface area contributed by atoms with Gasteiger partial charge in [0.1, 0.15) is 12.4 Å². The summed E-state index contributed by atoms with van der Waals surface area (Å²) in [4.78, 5) is 19.4. The van der Waals surface area contributed by atoms with Crippen molar-refractivity contribution in [1.82, 2.24) is 14.9 Å². The van der Waals surface area contributed by atoms with Crippen molar-refractivity contribution in [2.24, 2.45) is 0 Å². The van der Waals surface area contributed by atoms with Gasteiger partial charge < -0.3 is 4.90 Å². The van der Waals surface area contributed by atoms with E-state index in [1.165, 1.54) is 25.1 Å². The van der Waals surface area contributed by atoms with Crippen molar-refractivity contribution >= 4 is 5.91 Å². The lowest BCUT2D eigenvalue weighted by atomic mass is 10.3. The Bertz CT molecular complexity index is 410. The van der Waals surface area contributed by atoms with Crippen molar-refractivity contribution in [3.8, 4) is 6.07 Å². The van der Waals surface area contributed by atoms with Crippen molar-refractivity contribution in [2.75, 3.05) is 14.1 Å². The molecular weight excluding hydrogens is 187 g/mol. The molecule has 0 saturated heterocycles. The molecule has 0 bridgehead atoms. The zero-order valence-corrected chi connectivity index (χ0v) is 7.65. The summed E-state index contributed by atoms with van der Waals surface area (Å²) < 4.78 is 13.3. The first-order chi connectivity index (χ1) is 6.57. The molecule has 1 amide bonds.